The lowest BCUT2D eigenvalue weighted by atomic mass is 9.86. The van der Waals surface area contributed by atoms with Crippen molar-refractivity contribution in [3.05, 3.63) is 27.8 Å². The number of benzene rings is 1. The summed E-state index contributed by atoms with van der Waals surface area (Å²) in [5, 5.41) is 0. The van der Waals surface area contributed by atoms with Gasteiger partial charge < -0.3 is 5.73 Å². The van der Waals surface area contributed by atoms with Gasteiger partial charge in [0.05, 0.1) is 11.5 Å². The summed E-state index contributed by atoms with van der Waals surface area (Å²) in [4.78, 5) is 4.59. The van der Waals surface area contributed by atoms with E-state index in [2.05, 4.69) is 33.6 Å². The van der Waals surface area contributed by atoms with Crippen molar-refractivity contribution in [2.24, 2.45) is 28.5 Å². The van der Waals surface area contributed by atoms with Crippen LogP contribution in [-0.4, -0.2) is 5.84 Å². The molecule has 2 fully saturated rings. The van der Waals surface area contributed by atoms with E-state index in [1.807, 2.05) is 18.2 Å². The van der Waals surface area contributed by atoms with Gasteiger partial charge in [0.25, 0.3) is 0 Å². The Morgan fingerprint density at radius 1 is 1.28 bits per heavy atom. The molecule has 3 rings (SSSR count). The second-order valence-corrected chi connectivity index (χ2v) is 6.86. The fraction of sp³-hybridized carbons (Fsp3) is 0.533. The number of hydrogen-bond donors (Lipinski definition) is 1. The summed E-state index contributed by atoms with van der Waals surface area (Å²) in [6, 6.07) is 8.17. The Labute approximate surface area is 122 Å². The molecule has 1 aromatic carbocycles. The van der Waals surface area contributed by atoms with Crippen LogP contribution in [0.3, 0.4) is 0 Å². The van der Waals surface area contributed by atoms with Crippen LogP contribution in [-0.2, 0) is 0 Å². The van der Waals surface area contributed by atoms with Gasteiger partial charge in [0.1, 0.15) is 0 Å². The quantitative estimate of drug-likeness (QED) is 0.495. The monoisotopic (exact) mass is 354 g/mol. The maximum Gasteiger partial charge on any atom is 0.0999 e. The molecular formula is C15H19IN2. The Balaban J connectivity index is 1.68. The second kappa shape index (κ2) is 5.19. The third kappa shape index (κ3) is 2.56. The Morgan fingerprint density at radius 3 is 2.78 bits per heavy atom. The van der Waals surface area contributed by atoms with Gasteiger partial charge in [-0.1, -0.05) is 18.6 Å². The molecule has 0 aliphatic heterocycles. The molecule has 2 aliphatic carbocycles. The molecule has 2 aliphatic rings. The number of amidine groups is 1. The molecule has 3 unspecified atom stereocenters. The minimum Gasteiger partial charge on any atom is -0.387 e. The van der Waals surface area contributed by atoms with Gasteiger partial charge in [0, 0.05) is 9.99 Å². The van der Waals surface area contributed by atoms with E-state index in [0.29, 0.717) is 0 Å². The highest BCUT2D eigenvalue weighted by molar-refractivity contribution is 14.1. The number of hydrogen-bond acceptors (Lipinski definition) is 1. The van der Waals surface area contributed by atoms with E-state index in [9.17, 15) is 0 Å². The Hall–Kier alpha value is -0.580. The highest BCUT2D eigenvalue weighted by atomic mass is 127. The fourth-order valence-corrected chi connectivity index (χ4v) is 4.15. The zero-order valence-corrected chi connectivity index (χ0v) is 12.6. The summed E-state index contributed by atoms with van der Waals surface area (Å²) >= 11 is 2.31. The van der Waals surface area contributed by atoms with E-state index >= 15 is 0 Å². The zero-order chi connectivity index (χ0) is 12.5. The van der Waals surface area contributed by atoms with Crippen LogP contribution in [0.1, 0.15) is 32.1 Å². The number of halogens is 1. The number of aliphatic imine (C=N–C) groups is 1. The maximum absolute atomic E-state index is 6.13. The summed E-state index contributed by atoms with van der Waals surface area (Å²) in [5.41, 5.74) is 7.15. The van der Waals surface area contributed by atoms with Gasteiger partial charge in [0.2, 0.25) is 0 Å². The van der Waals surface area contributed by atoms with E-state index in [-0.39, 0.29) is 0 Å². The third-order valence-electron chi connectivity index (χ3n) is 4.47. The standard InChI is InChI=1S/C15H19IN2/c16-13-3-1-2-4-14(13)18-15(17)9-12-8-10-5-6-11(12)7-10/h1-4,10-12H,5-9H2,(H2,17,18). The molecular weight excluding hydrogens is 335 g/mol. The van der Waals surface area contributed by atoms with Crippen LogP contribution in [0.2, 0.25) is 0 Å². The SMILES string of the molecule is NC(CC1CC2CCC1C2)=Nc1ccccc1I. The molecule has 0 spiro atoms. The number of fused-ring (bicyclic) bond motifs is 2. The highest BCUT2D eigenvalue weighted by Gasteiger charge is 2.39. The lowest BCUT2D eigenvalue weighted by molar-refractivity contribution is 0.342. The van der Waals surface area contributed by atoms with Crippen LogP contribution >= 0.6 is 22.6 Å². The Bertz CT molecular complexity index is 469. The second-order valence-electron chi connectivity index (χ2n) is 5.69. The van der Waals surface area contributed by atoms with Crippen LogP contribution in [0, 0.1) is 21.3 Å². The van der Waals surface area contributed by atoms with E-state index in [4.69, 9.17) is 5.73 Å². The van der Waals surface area contributed by atoms with Gasteiger partial charge in [-0.25, -0.2) is 4.99 Å². The molecule has 2 bridgehead atoms. The van der Waals surface area contributed by atoms with Crippen LogP contribution in [0.4, 0.5) is 5.69 Å². The van der Waals surface area contributed by atoms with Gasteiger partial charge in [-0.15, -0.1) is 0 Å². The lowest BCUT2D eigenvalue weighted by Crippen LogP contribution is -2.20. The van der Waals surface area contributed by atoms with Crippen molar-refractivity contribution in [2.45, 2.75) is 32.1 Å². The Morgan fingerprint density at radius 2 is 2.11 bits per heavy atom. The molecule has 0 heterocycles. The molecule has 0 saturated heterocycles. The zero-order valence-electron chi connectivity index (χ0n) is 10.5. The maximum atomic E-state index is 6.13. The largest absolute Gasteiger partial charge is 0.387 e. The number of para-hydroxylation sites is 1. The normalized spacial score (nSPS) is 30.9. The molecule has 2 nitrogen and oxygen atoms in total. The predicted octanol–water partition coefficient (Wildman–Crippen LogP) is 4.11. The number of nitrogens with zero attached hydrogens (tertiary/aromatic N) is 1. The third-order valence-corrected chi connectivity index (χ3v) is 5.38. The molecule has 96 valence electrons. The minimum atomic E-state index is 0.800. The molecule has 3 atom stereocenters. The predicted molar refractivity (Wildman–Crippen MR) is 84.0 cm³/mol. The van der Waals surface area contributed by atoms with Gasteiger partial charge in [-0.2, -0.15) is 0 Å². The molecule has 2 N–H and O–H groups in total. The van der Waals surface area contributed by atoms with Gasteiger partial charge in [0.15, 0.2) is 0 Å². The van der Waals surface area contributed by atoms with Gasteiger partial charge in [-0.3, -0.25) is 0 Å². The topological polar surface area (TPSA) is 38.4 Å². The van der Waals surface area contributed by atoms with Crippen molar-refractivity contribution < 1.29 is 0 Å². The first-order chi connectivity index (χ1) is 8.72. The summed E-state index contributed by atoms with van der Waals surface area (Å²) in [6.45, 7) is 0. The highest BCUT2D eigenvalue weighted by Crippen LogP contribution is 2.49. The number of nitrogens with two attached hydrogens (primary N) is 1. The van der Waals surface area contributed by atoms with Gasteiger partial charge >= 0.3 is 0 Å². The van der Waals surface area contributed by atoms with E-state index < -0.39 is 0 Å². The van der Waals surface area contributed by atoms with Crippen LogP contribution in [0.5, 0.6) is 0 Å². The molecule has 18 heavy (non-hydrogen) atoms. The average Bonchev–Trinajstić information content (AvgIpc) is 2.94. The van der Waals surface area contributed by atoms with Crippen molar-refractivity contribution >= 4 is 34.1 Å². The van der Waals surface area contributed by atoms with E-state index in [0.717, 1.165) is 35.7 Å². The molecule has 0 aromatic heterocycles. The van der Waals surface area contributed by atoms with Crippen LogP contribution in [0.25, 0.3) is 0 Å². The molecule has 1 aromatic rings. The van der Waals surface area contributed by atoms with E-state index in [1.165, 1.54) is 29.3 Å². The first-order valence-electron chi connectivity index (χ1n) is 6.80. The lowest BCUT2D eigenvalue weighted by Gasteiger charge is -2.21. The first kappa shape index (κ1) is 12.5. The van der Waals surface area contributed by atoms with E-state index in [1.54, 1.807) is 0 Å². The molecule has 3 heteroatoms. The van der Waals surface area contributed by atoms with Crippen molar-refractivity contribution in [2.75, 3.05) is 0 Å². The molecule has 0 amide bonds. The van der Waals surface area contributed by atoms with Crippen molar-refractivity contribution in [1.29, 1.82) is 0 Å². The summed E-state index contributed by atoms with van der Waals surface area (Å²) in [5.74, 6) is 3.54. The van der Waals surface area contributed by atoms with Crippen LogP contribution < -0.4 is 5.73 Å². The first-order valence-corrected chi connectivity index (χ1v) is 7.88. The van der Waals surface area contributed by atoms with Gasteiger partial charge in [-0.05, 0) is 71.7 Å². The van der Waals surface area contributed by atoms with Crippen molar-refractivity contribution in [1.82, 2.24) is 0 Å². The average molecular weight is 354 g/mol. The van der Waals surface area contributed by atoms with Crippen LogP contribution in [0.15, 0.2) is 29.3 Å². The molecule has 0 radical (unpaired) electrons. The summed E-state index contributed by atoms with van der Waals surface area (Å²) in [6.07, 6.45) is 6.69. The number of rotatable bonds is 3. The summed E-state index contributed by atoms with van der Waals surface area (Å²) < 4.78 is 1.17. The van der Waals surface area contributed by atoms with Crippen molar-refractivity contribution in [3.63, 3.8) is 0 Å². The Kier molecular flexibility index (Phi) is 3.59. The minimum absolute atomic E-state index is 0.800. The fourth-order valence-electron chi connectivity index (χ4n) is 3.64. The molecule has 2 saturated carbocycles. The smallest absolute Gasteiger partial charge is 0.0999 e. The van der Waals surface area contributed by atoms with Crippen molar-refractivity contribution in [3.8, 4) is 0 Å². The summed E-state index contributed by atoms with van der Waals surface area (Å²) in [7, 11) is 0.